The molecule has 5 rings (SSSR count). The van der Waals surface area contributed by atoms with E-state index in [1.165, 1.54) is 10.5 Å². The maximum atomic E-state index is 11.5. The third-order valence-corrected chi connectivity index (χ3v) is 7.53. The summed E-state index contributed by atoms with van der Waals surface area (Å²) in [5.74, 6) is 0.870. The maximum absolute atomic E-state index is 11.5. The van der Waals surface area contributed by atoms with Crippen molar-refractivity contribution in [2.75, 3.05) is 19.7 Å². The van der Waals surface area contributed by atoms with Gasteiger partial charge in [-0.2, -0.15) is 0 Å². The summed E-state index contributed by atoms with van der Waals surface area (Å²) in [4.78, 5) is 18.9. The van der Waals surface area contributed by atoms with Crippen molar-refractivity contribution in [2.24, 2.45) is 0 Å². The summed E-state index contributed by atoms with van der Waals surface area (Å²) in [6.07, 6.45) is 1.37. The van der Waals surface area contributed by atoms with Gasteiger partial charge in [-0.3, -0.25) is 0 Å². The van der Waals surface area contributed by atoms with Crippen LogP contribution in [0.4, 0.5) is 4.79 Å². The number of hydrogen-bond acceptors (Lipinski definition) is 4. The molecule has 1 aliphatic rings. The van der Waals surface area contributed by atoms with Crippen LogP contribution in [0, 0.1) is 6.92 Å². The number of amides is 1. The molecule has 8 heteroatoms. The van der Waals surface area contributed by atoms with Crippen LogP contribution in [0.15, 0.2) is 71.8 Å². The molecule has 3 heterocycles. The zero-order valence-corrected chi connectivity index (χ0v) is 20.9. The minimum absolute atomic E-state index is 0.251. The summed E-state index contributed by atoms with van der Waals surface area (Å²) in [6.45, 7) is 3.14. The van der Waals surface area contributed by atoms with Crippen molar-refractivity contribution < 1.29 is 14.6 Å². The number of morpholine rings is 1. The highest BCUT2D eigenvalue weighted by molar-refractivity contribution is 7.98. The van der Waals surface area contributed by atoms with E-state index < -0.39 is 6.09 Å². The Morgan fingerprint density at radius 3 is 2.80 bits per heavy atom. The molecular weight excluding hydrogens is 482 g/mol. The zero-order valence-electron chi connectivity index (χ0n) is 19.4. The number of pyridine rings is 1. The van der Waals surface area contributed by atoms with E-state index >= 15 is 0 Å². The molecule has 1 atom stereocenters. The van der Waals surface area contributed by atoms with Crippen LogP contribution in [0.2, 0.25) is 5.02 Å². The van der Waals surface area contributed by atoms with Gasteiger partial charge in [0.25, 0.3) is 0 Å². The van der Waals surface area contributed by atoms with Gasteiger partial charge in [-0.1, -0.05) is 48.0 Å². The molecule has 1 amide bonds. The number of rotatable bonds is 6. The van der Waals surface area contributed by atoms with Gasteiger partial charge in [0.05, 0.1) is 35.7 Å². The van der Waals surface area contributed by atoms with E-state index in [4.69, 9.17) is 21.3 Å². The molecule has 180 valence electrons. The Morgan fingerprint density at radius 1 is 1.20 bits per heavy atom. The van der Waals surface area contributed by atoms with Gasteiger partial charge in [-0.05, 0) is 42.3 Å². The smallest absolute Gasteiger partial charge is 0.407 e. The van der Waals surface area contributed by atoms with Gasteiger partial charge in [-0.15, -0.1) is 11.8 Å². The van der Waals surface area contributed by atoms with Crippen molar-refractivity contribution in [3.63, 3.8) is 0 Å². The largest absolute Gasteiger partial charge is 0.465 e. The van der Waals surface area contributed by atoms with Crippen LogP contribution < -0.4 is 0 Å². The Bertz CT molecular complexity index is 1360. The van der Waals surface area contributed by atoms with E-state index in [0.717, 1.165) is 38.8 Å². The molecule has 2 aromatic carbocycles. The number of hydrogen-bond donors (Lipinski definition) is 1. The van der Waals surface area contributed by atoms with Gasteiger partial charge >= 0.3 is 6.09 Å². The number of aromatic nitrogens is 2. The van der Waals surface area contributed by atoms with Crippen molar-refractivity contribution in [3.05, 3.63) is 88.7 Å². The zero-order chi connectivity index (χ0) is 24.4. The molecule has 1 fully saturated rings. The fourth-order valence-electron chi connectivity index (χ4n) is 4.36. The molecule has 6 nitrogen and oxygen atoms in total. The van der Waals surface area contributed by atoms with E-state index in [0.29, 0.717) is 31.1 Å². The molecule has 0 radical (unpaired) electrons. The summed E-state index contributed by atoms with van der Waals surface area (Å²) in [7, 11) is 0. The molecule has 4 aromatic rings. The summed E-state index contributed by atoms with van der Waals surface area (Å²) >= 11 is 8.55. The summed E-state index contributed by atoms with van der Waals surface area (Å²) < 4.78 is 7.99. The summed E-state index contributed by atoms with van der Waals surface area (Å²) in [6, 6.07) is 20.5. The second-order valence-corrected chi connectivity index (χ2v) is 10.1. The van der Waals surface area contributed by atoms with E-state index in [2.05, 4.69) is 22.6 Å². The average molecular weight is 508 g/mol. The lowest BCUT2D eigenvalue weighted by Gasteiger charge is -2.31. The number of fused-ring (bicyclic) bond motifs is 1. The number of ether oxygens (including phenoxy) is 1. The molecular formula is C27H26ClN3O3S. The molecule has 35 heavy (non-hydrogen) atoms. The van der Waals surface area contributed by atoms with Crippen LogP contribution in [0.1, 0.15) is 16.8 Å². The van der Waals surface area contributed by atoms with Crippen LogP contribution in [0.3, 0.4) is 0 Å². The monoisotopic (exact) mass is 507 g/mol. The molecule has 1 N–H and O–H groups in total. The van der Waals surface area contributed by atoms with Crippen molar-refractivity contribution >= 4 is 35.1 Å². The summed E-state index contributed by atoms with van der Waals surface area (Å²) in [5.41, 5.74) is 5.83. The third-order valence-electron chi connectivity index (χ3n) is 6.15. The Morgan fingerprint density at radius 2 is 2.03 bits per heavy atom. The fraction of sp³-hybridized carbons (Fsp3) is 0.259. The second kappa shape index (κ2) is 10.3. The highest BCUT2D eigenvalue weighted by Crippen LogP contribution is 2.35. The fourth-order valence-corrected chi connectivity index (χ4v) is 5.58. The highest BCUT2D eigenvalue weighted by atomic mass is 35.5. The lowest BCUT2D eigenvalue weighted by Crippen LogP contribution is -2.45. The molecule has 0 saturated carbocycles. The predicted molar refractivity (Wildman–Crippen MR) is 139 cm³/mol. The predicted octanol–water partition coefficient (Wildman–Crippen LogP) is 6.18. The van der Waals surface area contributed by atoms with Crippen LogP contribution in [0.5, 0.6) is 0 Å². The minimum Gasteiger partial charge on any atom is -0.465 e. The quantitative estimate of drug-likeness (QED) is 0.316. The van der Waals surface area contributed by atoms with Gasteiger partial charge in [0.2, 0.25) is 0 Å². The first-order valence-corrected chi connectivity index (χ1v) is 12.9. The third kappa shape index (κ3) is 5.32. The topological polar surface area (TPSA) is 67.1 Å². The number of thioether (sulfide) groups is 1. The number of carbonyl (C=O) groups is 1. The standard InChI is InChI=1S/C27H26ClN3O3S/c1-18-9-10-31-24(14-20-16-30(27(32)33)11-12-34-20)26(29-25(31)13-18)22-8-7-21(15-23(22)28)35-17-19-5-3-2-4-6-19/h2-10,13,15,20H,11-12,14,16-17H2,1H3,(H,32,33)/t20-/m0/s1. The SMILES string of the molecule is Cc1ccn2c(C[C@H]3CN(C(=O)O)CCO3)c(-c3ccc(SCc4ccccc4)cc3Cl)nc2c1. The number of benzene rings is 2. The van der Waals surface area contributed by atoms with Crippen LogP contribution in [-0.2, 0) is 16.9 Å². The van der Waals surface area contributed by atoms with Gasteiger partial charge in [0, 0.05) is 35.4 Å². The molecule has 0 unspecified atom stereocenters. The van der Waals surface area contributed by atoms with E-state index in [-0.39, 0.29) is 6.10 Å². The van der Waals surface area contributed by atoms with Gasteiger partial charge in [0.15, 0.2) is 0 Å². The van der Waals surface area contributed by atoms with Crippen molar-refractivity contribution in [3.8, 4) is 11.3 Å². The minimum atomic E-state index is -0.918. The van der Waals surface area contributed by atoms with Crippen molar-refractivity contribution in [1.29, 1.82) is 0 Å². The van der Waals surface area contributed by atoms with Crippen LogP contribution in [-0.4, -0.2) is 51.3 Å². The average Bonchev–Trinajstić information content (AvgIpc) is 3.20. The Labute approximate surface area is 213 Å². The van der Waals surface area contributed by atoms with Crippen LogP contribution >= 0.6 is 23.4 Å². The number of aryl methyl sites for hydroxylation is 1. The number of imidazole rings is 1. The van der Waals surface area contributed by atoms with Gasteiger partial charge < -0.3 is 19.1 Å². The molecule has 1 aliphatic heterocycles. The lowest BCUT2D eigenvalue weighted by atomic mass is 10.1. The number of halogens is 1. The number of nitrogens with zero attached hydrogens (tertiary/aromatic N) is 3. The molecule has 0 spiro atoms. The normalized spacial score (nSPS) is 16.1. The van der Waals surface area contributed by atoms with E-state index in [9.17, 15) is 9.90 Å². The summed E-state index contributed by atoms with van der Waals surface area (Å²) in [5, 5.41) is 10.1. The lowest BCUT2D eigenvalue weighted by molar-refractivity contribution is -0.0214. The molecule has 1 saturated heterocycles. The first kappa shape index (κ1) is 23.7. The first-order chi connectivity index (χ1) is 17.0. The number of carboxylic acid groups (broad SMARTS) is 1. The van der Waals surface area contributed by atoms with Crippen LogP contribution in [0.25, 0.3) is 16.9 Å². The highest BCUT2D eigenvalue weighted by Gasteiger charge is 2.27. The maximum Gasteiger partial charge on any atom is 0.407 e. The van der Waals surface area contributed by atoms with Crippen molar-refractivity contribution in [1.82, 2.24) is 14.3 Å². The van der Waals surface area contributed by atoms with E-state index in [1.807, 2.05) is 55.6 Å². The first-order valence-electron chi connectivity index (χ1n) is 11.5. The Balaban J connectivity index is 1.45. The molecule has 0 aliphatic carbocycles. The molecule has 0 bridgehead atoms. The second-order valence-electron chi connectivity index (χ2n) is 8.68. The van der Waals surface area contributed by atoms with Crippen molar-refractivity contribution in [2.45, 2.75) is 30.1 Å². The van der Waals surface area contributed by atoms with E-state index in [1.54, 1.807) is 11.8 Å². The van der Waals surface area contributed by atoms with Gasteiger partial charge in [0.1, 0.15) is 5.65 Å². The molecule has 2 aromatic heterocycles. The Hall–Kier alpha value is -3.00. The Kier molecular flexibility index (Phi) is 7.00. The van der Waals surface area contributed by atoms with Gasteiger partial charge in [-0.25, -0.2) is 9.78 Å².